The van der Waals surface area contributed by atoms with Crippen molar-refractivity contribution < 1.29 is 14.3 Å². The second-order valence-corrected chi connectivity index (χ2v) is 12.8. The molecule has 2 aliphatic rings. The van der Waals surface area contributed by atoms with Crippen molar-refractivity contribution in [1.82, 2.24) is 4.90 Å². The van der Waals surface area contributed by atoms with Crippen molar-refractivity contribution in [3.8, 4) is 0 Å². The number of thiocarbonyl (C=S) groups is 1. The summed E-state index contributed by atoms with van der Waals surface area (Å²) in [6.45, 7) is 8.29. The van der Waals surface area contributed by atoms with Crippen LogP contribution in [0.5, 0.6) is 0 Å². The van der Waals surface area contributed by atoms with Crippen LogP contribution in [-0.4, -0.2) is 28.9 Å². The first-order valence-corrected chi connectivity index (χ1v) is 14.7. The molecule has 0 aliphatic carbocycles. The molecule has 0 atom stereocenters. The minimum atomic E-state index is -0.657. The molecule has 0 unspecified atom stereocenters. The second-order valence-electron chi connectivity index (χ2n) is 10.1. The number of carbonyl (C=O) groups excluding carboxylic acids is 2. The van der Waals surface area contributed by atoms with Gasteiger partial charge in [0.2, 0.25) is 5.91 Å². The van der Waals surface area contributed by atoms with Gasteiger partial charge in [0.25, 0.3) is 0 Å². The number of benzene rings is 3. The van der Waals surface area contributed by atoms with Crippen LogP contribution in [0, 0.1) is 13.8 Å². The predicted octanol–water partition coefficient (Wildman–Crippen LogP) is 7.64. The molecule has 5 rings (SSSR count). The fraction of sp³-hybridized carbons (Fsp3) is 0.219. The van der Waals surface area contributed by atoms with E-state index in [1.807, 2.05) is 60.7 Å². The van der Waals surface area contributed by atoms with E-state index in [-0.39, 0.29) is 18.3 Å². The van der Waals surface area contributed by atoms with Crippen LogP contribution < -0.4 is 0 Å². The molecule has 0 radical (unpaired) electrons. The van der Waals surface area contributed by atoms with E-state index >= 15 is 0 Å². The fourth-order valence-corrected chi connectivity index (χ4v) is 8.39. The molecular formula is C32H29NO3S3. The summed E-state index contributed by atoms with van der Waals surface area (Å²) in [7, 11) is 1.40. The molecule has 3 aromatic rings. The maximum Gasteiger partial charge on any atom is 0.345 e. The number of methoxy groups -OCH3 is 1. The molecule has 0 spiro atoms. The first-order valence-electron chi connectivity index (χ1n) is 12.6. The third-order valence-corrected chi connectivity index (χ3v) is 10.2. The van der Waals surface area contributed by atoms with Gasteiger partial charge in [-0.1, -0.05) is 109 Å². The van der Waals surface area contributed by atoms with E-state index in [0.29, 0.717) is 9.89 Å². The fourth-order valence-electron chi connectivity index (χ4n) is 5.01. The SMILES string of the molecule is COC(=O)C1=C(c2ccccc2)S/C(=C2/C(=S)N(C(=O)Cc3ccccc3)C(C)(C)c3cc(C)c(C)cc32)S1. The Morgan fingerprint density at radius 1 is 0.923 bits per heavy atom. The third kappa shape index (κ3) is 4.99. The smallest absolute Gasteiger partial charge is 0.345 e. The lowest BCUT2D eigenvalue weighted by Gasteiger charge is -2.45. The Kier molecular flexibility index (Phi) is 7.60. The quantitative estimate of drug-likeness (QED) is 0.182. The number of fused-ring (bicyclic) bond motifs is 1. The predicted molar refractivity (Wildman–Crippen MR) is 166 cm³/mol. The van der Waals surface area contributed by atoms with E-state index in [1.165, 1.54) is 30.6 Å². The number of nitrogens with zero attached hydrogens (tertiary/aromatic N) is 1. The maximum atomic E-state index is 13.9. The molecule has 7 heteroatoms. The average Bonchev–Trinajstić information content (AvgIpc) is 3.35. The van der Waals surface area contributed by atoms with Gasteiger partial charge in [-0.05, 0) is 61.1 Å². The molecule has 0 saturated carbocycles. The van der Waals surface area contributed by atoms with Gasteiger partial charge in [-0.15, -0.1) is 0 Å². The maximum absolute atomic E-state index is 13.9. The van der Waals surface area contributed by atoms with Gasteiger partial charge in [0.15, 0.2) is 0 Å². The van der Waals surface area contributed by atoms with E-state index in [2.05, 4.69) is 39.8 Å². The summed E-state index contributed by atoms with van der Waals surface area (Å²) in [4.78, 5) is 30.4. The first-order chi connectivity index (χ1) is 18.6. The van der Waals surface area contributed by atoms with Crippen LogP contribution >= 0.6 is 35.7 Å². The van der Waals surface area contributed by atoms with Crippen LogP contribution in [0.2, 0.25) is 0 Å². The number of aryl methyl sites for hydroxylation is 2. The zero-order chi connectivity index (χ0) is 27.9. The highest BCUT2D eigenvalue weighted by molar-refractivity contribution is 8.32. The minimum Gasteiger partial charge on any atom is -0.465 e. The summed E-state index contributed by atoms with van der Waals surface area (Å²) in [5, 5.41) is 0. The van der Waals surface area contributed by atoms with E-state index in [9.17, 15) is 9.59 Å². The average molecular weight is 572 g/mol. The minimum absolute atomic E-state index is 0.0596. The number of hydrogen-bond donors (Lipinski definition) is 0. The molecule has 0 fully saturated rings. The standard InChI is InChI=1S/C32H29NO3S3/c1-19-16-23-24(17-20(19)2)32(3,4)33(25(34)18-21-12-8-6-9-13-21)29(37)26(23)31-38-27(22-14-10-7-11-15-22)28(39-31)30(35)36-5/h6-17H,18H2,1-5H3/b31-26-. The lowest BCUT2D eigenvalue weighted by Crippen LogP contribution is -2.52. The van der Waals surface area contributed by atoms with Crippen molar-refractivity contribution in [1.29, 1.82) is 0 Å². The number of rotatable bonds is 4. The Morgan fingerprint density at radius 2 is 1.54 bits per heavy atom. The van der Waals surface area contributed by atoms with Crippen molar-refractivity contribution in [3.63, 3.8) is 0 Å². The van der Waals surface area contributed by atoms with Gasteiger partial charge >= 0.3 is 5.97 Å². The molecule has 2 heterocycles. The largest absolute Gasteiger partial charge is 0.465 e. The molecule has 2 aliphatic heterocycles. The van der Waals surface area contributed by atoms with Gasteiger partial charge in [0, 0.05) is 10.5 Å². The molecule has 0 bridgehead atoms. The number of thioether (sulfide) groups is 2. The molecular weight excluding hydrogens is 543 g/mol. The zero-order valence-corrected chi connectivity index (χ0v) is 25.0. The van der Waals surface area contributed by atoms with Gasteiger partial charge in [-0.3, -0.25) is 9.69 Å². The first kappa shape index (κ1) is 27.4. The lowest BCUT2D eigenvalue weighted by atomic mass is 9.79. The Labute approximate surface area is 243 Å². The number of esters is 1. The molecule has 39 heavy (non-hydrogen) atoms. The van der Waals surface area contributed by atoms with Gasteiger partial charge in [0.1, 0.15) is 9.89 Å². The number of ether oxygens (including phenoxy) is 1. The van der Waals surface area contributed by atoms with Crippen LogP contribution in [0.1, 0.15) is 47.2 Å². The summed E-state index contributed by atoms with van der Waals surface area (Å²) < 4.78 is 6.03. The van der Waals surface area contributed by atoms with Crippen molar-refractivity contribution in [2.24, 2.45) is 0 Å². The molecule has 0 saturated heterocycles. The van der Waals surface area contributed by atoms with Gasteiger partial charge < -0.3 is 4.74 Å². The summed E-state index contributed by atoms with van der Waals surface area (Å²) in [6, 6.07) is 23.9. The number of amides is 1. The van der Waals surface area contributed by atoms with Crippen molar-refractivity contribution in [2.75, 3.05) is 7.11 Å². The molecule has 3 aromatic carbocycles. The topological polar surface area (TPSA) is 46.6 Å². The number of carbonyl (C=O) groups is 2. The van der Waals surface area contributed by atoms with Crippen molar-refractivity contribution in [2.45, 2.75) is 39.7 Å². The Balaban J connectivity index is 1.68. The Hall–Kier alpha value is -3.13. The van der Waals surface area contributed by atoms with E-state index in [0.717, 1.165) is 48.1 Å². The van der Waals surface area contributed by atoms with Gasteiger partial charge in [-0.25, -0.2) is 4.79 Å². The number of hydrogen-bond acceptors (Lipinski definition) is 6. The lowest BCUT2D eigenvalue weighted by molar-refractivity contribution is -0.135. The van der Waals surface area contributed by atoms with Gasteiger partial charge in [-0.2, -0.15) is 0 Å². The normalized spacial score (nSPS) is 18.3. The van der Waals surface area contributed by atoms with E-state index in [1.54, 1.807) is 4.90 Å². The van der Waals surface area contributed by atoms with Crippen LogP contribution in [0.4, 0.5) is 0 Å². The summed E-state index contributed by atoms with van der Waals surface area (Å²) in [6.07, 6.45) is 0.244. The van der Waals surface area contributed by atoms with Gasteiger partial charge in [0.05, 0.1) is 23.3 Å². The van der Waals surface area contributed by atoms with Crippen LogP contribution in [-0.2, 0) is 26.3 Å². The molecule has 4 nitrogen and oxygen atoms in total. The van der Waals surface area contributed by atoms with E-state index < -0.39 is 5.54 Å². The highest BCUT2D eigenvalue weighted by Crippen LogP contribution is 2.58. The van der Waals surface area contributed by atoms with Crippen LogP contribution in [0.15, 0.2) is 81.9 Å². The van der Waals surface area contributed by atoms with Crippen molar-refractivity contribution in [3.05, 3.63) is 115 Å². The van der Waals surface area contributed by atoms with Crippen LogP contribution in [0.25, 0.3) is 10.5 Å². The second kappa shape index (κ2) is 10.8. The highest BCUT2D eigenvalue weighted by atomic mass is 32.2. The summed E-state index contributed by atoms with van der Waals surface area (Å²) in [5.41, 5.74) is 6.37. The zero-order valence-electron chi connectivity index (χ0n) is 22.5. The molecule has 0 aromatic heterocycles. The van der Waals surface area contributed by atoms with E-state index in [4.69, 9.17) is 17.0 Å². The van der Waals surface area contributed by atoms with Crippen molar-refractivity contribution >= 4 is 63.1 Å². The summed E-state index contributed by atoms with van der Waals surface area (Å²) in [5.74, 6) is -0.447. The summed E-state index contributed by atoms with van der Waals surface area (Å²) >= 11 is 9.04. The highest BCUT2D eigenvalue weighted by Gasteiger charge is 2.45. The third-order valence-electron chi connectivity index (χ3n) is 7.19. The molecule has 198 valence electrons. The Bertz CT molecular complexity index is 1560. The molecule has 0 N–H and O–H groups in total. The van der Waals surface area contributed by atoms with Crippen LogP contribution in [0.3, 0.4) is 0 Å². The molecule has 1 amide bonds. The monoisotopic (exact) mass is 571 g/mol. The Morgan fingerprint density at radius 3 is 2.18 bits per heavy atom.